The minimum Gasteiger partial charge on any atom is -0.468 e. The van der Waals surface area contributed by atoms with Crippen molar-refractivity contribution in [1.29, 1.82) is 0 Å². The molecule has 1 fully saturated rings. The lowest BCUT2D eigenvalue weighted by Gasteiger charge is -2.51. The van der Waals surface area contributed by atoms with Gasteiger partial charge in [-0.25, -0.2) is 0 Å². The molecule has 0 amide bonds. The number of carbonyl (C=O) groups excluding carboxylic acids is 2. The highest BCUT2D eigenvalue weighted by Gasteiger charge is 2.59. The number of esters is 1. The lowest BCUT2D eigenvalue weighted by molar-refractivity contribution is -0.154. The molecule has 0 spiro atoms. The van der Waals surface area contributed by atoms with Gasteiger partial charge < -0.3 is 9.84 Å². The van der Waals surface area contributed by atoms with Gasteiger partial charge in [-0.05, 0) is 55.1 Å². The Hall–Kier alpha value is -1.42. The van der Waals surface area contributed by atoms with E-state index in [0.29, 0.717) is 24.3 Å². The monoisotopic (exact) mass is 346 g/mol. The average Bonchev–Trinajstić information content (AvgIpc) is 2.94. The first-order valence-electron chi connectivity index (χ1n) is 9.44. The van der Waals surface area contributed by atoms with Gasteiger partial charge in [-0.1, -0.05) is 32.4 Å². The minimum absolute atomic E-state index is 0.0905. The van der Waals surface area contributed by atoms with Crippen LogP contribution in [-0.2, 0) is 14.3 Å². The largest absolute Gasteiger partial charge is 0.468 e. The van der Waals surface area contributed by atoms with E-state index in [0.717, 1.165) is 32.0 Å². The third-order valence-corrected chi connectivity index (χ3v) is 7.15. The molecule has 0 saturated heterocycles. The summed E-state index contributed by atoms with van der Waals surface area (Å²) in [5.41, 5.74) is 2.41. The summed E-state index contributed by atoms with van der Waals surface area (Å²) in [6.45, 7) is 6.50. The van der Waals surface area contributed by atoms with Crippen molar-refractivity contribution >= 4 is 12.3 Å². The summed E-state index contributed by atoms with van der Waals surface area (Å²) in [4.78, 5) is 24.1. The smallest absolute Gasteiger partial charge is 0.315 e. The molecule has 4 nitrogen and oxygen atoms in total. The summed E-state index contributed by atoms with van der Waals surface area (Å²) in [5, 5.41) is 10.9. The summed E-state index contributed by atoms with van der Waals surface area (Å²) in [6, 6.07) is 0. The van der Waals surface area contributed by atoms with E-state index in [1.54, 1.807) is 0 Å². The number of carbonyl (C=O) groups is 2. The quantitative estimate of drug-likeness (QED) is 0.482. The highest BCUT2D eigenvalue weighted by molar-refractivity contribution is 5.82. The van der Waals surface area contributed by atoms with Crippen LogP contribution in [0, 0.1) is 22.7 Å². The molecule has 0 aromatic rings. The van der Waals surface area contributed by atoms with Gasteiger partial charge in [0.05, 0.1) is 18.6 Å². The molecule has 3 rings (SSSR count). The van der Waals surface area contributed by atoms with Crippen molar-refractivity contribution < 1.29 is 19.4 Å². The molecule has 4 atom stereocenters. The van der Waals surface area contributed by atoms with E-state index in [1.165, 1.54) is 18.3 Å². The molecular weight excluding hydrogens is 316 g/mol. The van der Waals surface area contributed by atoms with Crippen molar-refractivity contribution in [1.82, 2.24) is 0 Å². The second-order valence-corrected chi connectivity index (χ2v) is 8.58. The van der Waals surface area contributed by atoms with E-state index in [-0.39, 0.29) is 17.3 Å². The van der Waals surface area contributed by atoms with Crippen LogP contribution in [0.15, 0.2) is 22.8 Å². The Bertz CT molecular complexity index is 644. The van der Waals surface area contributed by atoms with Crippen LogP contribution in [0.25, 0.3) is 0 Å². The zero-order valence-electron chi connectivity index (χ0n) is 15.8. The highest BCUT2D eigenvalue weighted by Crippen LogP contribution is 2.63. The molecule has 25 heavy (non-hydrogen) atoms. The lowest BCUT2D eigenvalue weighted by atomic mass is 9.53. The van der Waals surface area contributed by atoms with Gasteiger partial charge in [0.2, 0.25) is 0 Å². The summed E-state index contributed by atoms with van der Waals surface area (Å²) in [6.07, 6.45) is 6.65. The van der Waals surface area contributed by atoms with Crippen LogP contribution in [0.5, 0.6) is 0 Å². The number of methoxy groups -OCH3 is 1. The molecule has 138 valence electrons. The standard InChI is InChI=1S/C21H30O4/c1-13(2)15-7-8-21(19(24)25-4)10-9-20(3)16(18(15)21)6-5-14(12-22)11-17(20)23/h5,12-13,16-17,23H,6-11H2,1-4H3/t16-,17?,20-,21+/m0/s1. The van der Waals surface area contributed by atoms with Gasteiger partial charge in [0, 0.05) is 11.8 Å². The SMILES string of the molecule is COC(=O)[C@@]12CCC(C(C)C)=C1[C@@H]1CC=C(C=O)CC(O)[C@@]1(C)CC2. The molecule has 3 aliphatic carbocycles. The Kier molecular flexibility index (Phi) is 4.69. The van der Waals surface area contributed by atoms with Crippen LogP contribution in [0.3, 0.4) is 0 Å². The van der Waals surface area contributed by atoms with Gasteiger partial charge >= 0.3 is 5.97 Å². The predicted octanol–water partition coefficient (Wildman–Crippen LogP) is 3.59. The number of rotatable bonds is 3. The zero-order valence-corrected chi connectivity index (χ0v) is 15.8. The van der Waals surface area contributed by atoms with Gasteiger partial charge in [-0.3, -0.25) is 9.59 Å². The van der Waals surface area contributed by atoms with Crippen molar-refractivity contribution in [2.24, 2.45) is 22.7 Å². The normalized spacial score (nSPS) is 37.9. The van der Waals surface area contributed by atoms with Crippen LogP contribution in [0.4, 0.5) is 0 Å². The molecule has 0 heterocycles. The number of fused-ring (bicyclic) bond motifs is 3. The summed E-state index contributed by atoms with van der Waals surface area (Å²) < 4.78 is 5.23. The molecule has 1 unspecified atom stereocenters. The molecule has 4 heteroatoms. The molecule has 0 bridgehead atoms. The first kappa shape index (κ1) is 18.4. The average molecular weight is 346 g/mol. The van der Waals surface area contributed by atoms with E-state index in [4.69, 9.17) is 4.74 Å². The van der Waals surface area contributed by atoms with Crippen LogP contribution in [-0.4, -0.2) is 30.6 Å². The Balaban J connectivity index is 2.16. The molecular formula is C21H30O4. The van der Waals surface area contributed by atoms with Gasteiger partial charge in [0.15, 0.2) is 0 Å². The van der Waals surface area contributed by atoms with E-state index in [9.17, 15) is 14.7 Å². The van der Waals surface area contributed by atoms with Crippen LogP contribution in [0.1, 0.15) is 59.3 Å². The van der Waals surface area contributed by atoms with Crippen LogP contribution in [0.2, 0.25) is 0 Å². The van der Waals surface area contributed by atoms with E-state index < -0.39 is 11.5 Å². The third-order valence-electron chi connectivity index (χ3n) is 7.15. The molecule has 1 N–H and O–H groups in total. The summed E-state index contributed by atoms with van der Waals surface area (Å²) >= 11 is 0. The van der Waals surface area contributed by atoms with Gasteiger partial charge in [-0.15, -0.1) is 0 Å². The van der Waals surface area contributed by atoms with Crippen molar-refractivity contribution in [3.63, 3.8) is 0 Å². The number of aldehydes is 1. The minimum atomic E-state index is -0.561. The Morgan fingerprint density at radius 1 is 1.36 bits per heavy atom. The Morgan fingerprint density at radius 2 is 2.08 bits per heavy atom. The predicted molar refractivity (Wildman–Crippen MR) is 95.8 cm³/mol. The number of ether oxygens (including phenoxy) is 1. The highest BCUT2D eigenvalue weighted by atomic mass is 16.5. The van der Waals surface area contributed by atoms with Crippen LogP contribution < -0.4 is 0 Å². The van der Waals surface area contributed by atoms with Gasteiger partial charge in [0.1, 0.15) is 6.29 Å². The molecule has 0 aromatic carbocycles. The third kappa shape index (κ3) is 2.61. The molecule has 1 saturated carbocycles. The van der Waals surface area contributed by atoms with E-state index in [1.807, 2.05) is 6.08 Å². The van der Waals surface area contributed by atoms with E-state index >= 15 is 0 Å². The van der Waals surface area contributed by atoms with Crippen molar-refractivity contribution in [2.45, 2.75) is 65.4 Å². The number of hydrogen-bond donors (Lipinski definition) is 1. The summed E-state index contributed by atoms with van der Waals surface area (Å²) in [5.74, 6) is 0.338. The Labute approximate surface area is 150 Å². The molecule has 0 radical (unpaired) electrons. The molecule has 0 aliphatic heterocycles. The fraction of sp³-hybridized carbons (Fsp3) is 0.714. The second-order valence-electron chi connectivity index (χ2n) is 8.58. The topological polar surface area (TPSA) is 63.6 Å². The maximum absolute atomic E-state index is 12.8. The Morgan fingerprint density at radius 3 is 2.68 bits per heavy atom. The first-order valence-corrected chi connectivity index (χ1v) is 9.44. The lowest BCUT2D eigenvalue weighted by Crippen LogP contribution is -2.50. The van der Waals surface area contributed by atoms with Gasteiger partial charge in [0.25, 0.3) is 0 Å². The van der Waals surface area contributed by atoms with Crippen molar-refractivity contribution in [2.75, 3.05) is 7.11 Å². The van der Waals surface area contributed by atoms with Crippen molar-refractivity contribution in [3.05, 3.63) is 22.8 Å². The summed E-state index contributed by atoms with van der Waals surface area (Å²) in [7, 11) is 1.47. The fourth-order valence-electron chi connectivity index (χ4n) is 5.53. The number of aliphatic hydroxyl groups is 1. The van der Waals surface area contributed by atoms with Crippen LogP contribution >= 0.6 is 0 Å². The van der Waals surface area contributed by atoms with Gasteiger partial charge in [-0.2, -0.15) is 0 Å². The van der Waals surface area contributed by atoms with E-state index in [2.05, 4.69) is 20.8 Å². The molecule has 3 aliphatic rings. The van der Waals surface area contributed by atoms with Crippen molar-refractivity contribution in [3.8, 4) is 0 Å². The molecule has 0 aromatic heterocycles. The fourth-order valence-corrected chi connectivity index (χ4v) is 5.53. The maximum Gasteiger partial charge on any atom is 0.315 e. The maximum atomic E-state index is 12.8. The number of hydrogen-bond acceptors (Lipinski definition) is 4. The number of aliphatic hydroxyl groups excluding tert-OH is 1. The first-order chi connectivity index (χ1) is 11.8. The number of allylic oxidation sites excluding steroid dienone is 2. The second kappa shape index (κ2) is 6.39. The zero-order chi connectivity index (χ0) is 18.4.